The van der Waals surface area contributed by atoms with E-state index in [0.29, 0.717) is 0 Å². The standard InChI is InChI=1S/C12H25N3/c1-11(2)6-9-15(4)8-5-7-12(3,14)10-13/h11H,5-9,14H2,1-4H3. The SMILES string of the molecule is CC(C)CCN(C)CCCC(C)(N)C#N. The quantitative estimate of drug-likeness (QED) is 0.700. The zero-order valence-corrected chi connectivity index (χ0v) is 10.6. The van der Waals surface area contributed by atoms with Crippen LogP contribution in [0.1, 0.15) is 40.0 Å². The molecule has 0 saturated carbocycles. The molecule has 0 heterocycles. The third kappa shape index (κ3) is 8.41. The molecule has 0 saturated heterocycles. The Hall–Kier alpha value is -0.590. The van der Waals surface area contributed by atoms with Gasteiger partial charge in [0.05, 0.1) is 6.07 Å². The van der Waals surface area contributed by atoms with E-state index in [1.165, 1.54) is 6.42 Å². The minimum atomic E-state index is -0.654. The van der Waals surface area contributed by atoms with Gasteiger partial charge in [0.1, 0.15) is 5.54 Å². The van der Waals surface area contributed by atoms with Crippen molar-refractivity contribution in [2.45, 2.75) is 45.6 Å². The fraction of sp³-hybridized carbons (Fsp3) is 0.917. The maximum atomic E-state index is 8.75. The van der Waals surface area contributed by atoms with Crippen LogP contribution in [0.5, 0.6) is 0 Å². The Bertz CT molecular complexity index is 203. The lowest BCUT2D eigenvalue weighted by molar-refractivity contribution is 0.296. The number of hydrogen-bond acceptors (Lipinski definition) is 3. The Morgan fingerprint density at radius 2 is 2.00 bits per heavy atom. The molecule has 0 aliphatic rings. The van der Waals surface area contributed by atoms with Gasteiger partial charge in [0.2, 0.25) is 0 Å². The van der Waals surface area contributed by atoms with Crippen molar-refractivity contribution in [3.63, 3.8) is 0 Å². The lowest BCUT2D eigenvalue weighted by Gasteiger charge is -2.20. The van der Waals surface area contributed by atoms with Crippen LogP contribution in [0, 0.1) is 17.2 Å². The summed E-state index contributed by atoms with van der Waals surface area (Å²) in [7, 11) is 2.13. The van der Waals surface area contributed by atoms with Crippen LogP contribution >= 0.6 is 0 Å². The maximum Gasteiger partial charge on any atom is 0.101 e. The average Bonchev–Trinajstić information content (AvgIpc) is 2.14. The molecule has 1 unspecified atom stereocenters. The van der Waals surface area contributed by atoms with Gasteiger partial charge in [-0.05, 0) is 52.2 Å². The summed E-state index contributed by atoms with van der Waals surface area (Å²) in [6.07, 6.45) is 3.00. The highest BCUT2D eigenvalue weighted by molar-refractivity contribution is 5.00. The van der Waals surface area contributed by atoms with Gasteiger partial charge in [0, 0.05) is 0 Å². The zero-order valence-electron chi connectivity index (χ0n) is 10.6. The predicted octanol–water partition coefficient (Wildman–Crippen LogP) is 1.99. The number of rotatable bonds is 7. The monoisotopic (exact) mass is 211 g/mol. The summed E-state index contributed by atoms with van der Waals surface area (Å²) in [5.41, 5.74) is 5.09. The number of nitrogens with zero attached hydrogens (tertiary/aromatic N) is 2. The highest BCUT2D eigenvalue weighted by Gasteiger charge is 2.16. The van der Waals surface area contributed by atoms with Crippen molar-refractivity contribution in [1.82, 2.24) is 4.90 Å². The fourth-order valence-corrected chi connectivity index (χ4v) is 1.36. The van der Waals surface area contributed by atoms with Gasteiger partial charge in [-0.1, -0.05) is 13.8 Å². The summed E-state index contributed by atoms with van der Waals surface area (Å²) in [5.74, 6) is 0.756. The van der Waals surface area contributed by atoms with E-state index in [0.717, 1.165) is 31.8 Å². The third-order valence-electron chi connectivity index (χ3n) is 2.58. The molecule has 2 N–H and O–H groups in total. The van der Waals surface area contributed by atoms with Gasteiger partial charge in [0.25, 0.3) is 0 Å². The molecule has 0 fully saturated rings. The van der Waals surface area contributed by atoms with E-state index in [9.17, 15) is 0 Å². The van der Waals surface area contributed by atoms with Gasteiger partial charge in [0.15, 0.2) is 0 Å². The van der Waals surface area contributed by atoms with Crippen molar-refractivity contribution in [3.05, 3.63) is 0 Å². The fourth-order valence-electron chi connectivity index (χ4n) is 1.36. The second-order valence-electron chi connectivity index (χ2n) is 5.12. The summed E-state index contributed by atoms with van der Waals surface area (Å²) in [6, 6.07) is 2.12. The van der Waals surface area contributed by atoms with Gasteiger partial charge in [-0.25, -0.2) is 0 Å². The summed E-state index contributed by atoms with van der Waals surface area (Å²) < 4.78 is 0. The molecule has 3 nitrogen and oxygen atoms in total. The minimum Gasteiger partial charge on any atom is -0.314 e. The first-order valence-electron chi connectivity index (χ1n) is 5.76. The molecular weight excluding hydrogens is 186 g/mol. The molecule has 15 heavy (non-hydrogen) atoms. The van der Waals surface area contributed by atoms with Crippen LogP contribution in [0.4, 0.5) is 0 Å². The number of hydrogen-bond donors (Lipinski definition) is 1. The molecule has 0 aromatic rings. The Morgan fingerprint density at radius 1 is 1.40 bits per heavy atom. The van der Waals surface area contributed by atoms with Crippen LogP contribution in [0.3, 0.4) is 0 Å². The van der Waals surface area contributed by atoms with Crippen LogP contribution < -0.4 is 5.73 Å². The summed E-state index contributed by atoms with van der Waals surface area (Å²) >= 11 is 0. The Balaban J connectivity index is 3.56. The van der Waals surface area contributed by atoms with E-state index in [1.54, 1.807) is 6.92 Å². The van der Waals surface area contributed by atoms with Crippen molar-refractivity contribution in [3.8, 4) is 6.07 Å². The Kier molecular flexibility index (Phi) is 6.55. The average molecular weight is 211 g/mol. The highest BCUT2D eigenvalue weighted by atomic mass is 15.1. The van der Waals surface area contributed by atoms with E-state index in [2.05, 4.69) is 31.9 Å². The van der Waals surface area contributed by atoms with Crippen LogP contribution in [0.25, 0.3) is 0 Å². The van der Waals surface area contributed by atoms with E-state index in [1.807, 2.05) is 0 Å². The van der Waals surface area contributed by atoms with E-state index < -0.39 is 5.54 Å². The number of nitriles is 1. The first-order valence-corrected chi connectivity index (χ1v) is 5.76. The van der Waals surface area contributed by atoms with Crippen molar-refractivity contribution in [1.29, 1.82) is 5.26 Å². The number of nitrogens with two attached hydrogens (primary N) is 1. The molecule has 0 aliphatic heterocycles. The van der Waals surface area contributed by atoms with Crippen molar-refractivity contribution >= 4 is 0 Å². The molecule has 0 rings (SSSR count). The first kappa shape index (κ1) is 14.4. The Morgan fingerprint density at radius 3 is 2.47 bits per heavy atom. The van der Waals surface area contributed by atoms with Crippen LogP contribution in [-0.4, -0.2) is 30.6 Å². The topological polar surface area (TPSA) is 53.0 Å². The van der Waals surface area contributed by atoms with Crippen molar-refractivity contribution in [2.75, 3.05) is 20.1 Å². The molecular formula is C12H25N3. The second kappa shape index (κ2) is 6.81. The van der Waals surface area contributed by atoms with Gasteiger partial charge < -0.3 is 10.6 Å². The Labute approximate surface area is 94.2 Å². The lowest BCUT2D eigenvalue weighted by Crippen LogP contribution is -2.35. The molecule has 0 radical (unpaired) electrons. The molecule has 0 amide bonds. The molecule has 0 spiro atoms. The van der Waals surface area contributed by atoms with Crippen molar-refractivity contribution < 1.29 is 0 Å². The van der Waals surface area contributed by atoms with Gasteiger partial charge in [-0.15, -0.1) is 0 Å². The molecule has 0 bridgehead atoms. The zero-order chi connectivity index (χ0) is 11.9. The van der Waals surface area contributed by atoms with Gasteiger partial charge >= 0.3 is 0 Å². The smallest absolute Gasteiger partial charge is 0.101 e. The molecule has 88 valence electrons. The predicted molar refractivity (Wildman–Crippen MR) is 64.4 cm³/mol. The van der Waals surface area contributed by atoms with Crippen LogP contribution in [-0.2, 0) is 0 Å². The first-order chi connectivity index (χ1) is 6.87. The maximum absolute atomic E-state index is 8.75. The molecule has 3 heteroatoms. The minimum absolute atomic E-state index is 0.654. The van der Waals surface area contributed by atoms with Crippen molar-refractivity contribution in [2.24, 2.45) is 11.7 Å². The van der Waals surface area contributed by atoms with Gasteiger partial charge in [-0.2, -0.15) is 5.26 Å². The normalized spacial score (nSPS) is 15.3. The van der Waals surface area contributed by atoms with E-state index >= 15 is 0 Å². The molecule has 1 atom stereocenters. The van der Waals surface area contributed by atoms with Gasteiger partial charge in [-0.3, -0.25) is 0 Å². The largest absolute Gasteiger partial charge is 0.314 e. The third-order valence-corrected chi connectivity index (χ3v) is 2.58. The summed E-state index contributed by atoms with van der Waals surface area (Å²) in [4.78, 5) is 2.31. The van der Waals surface area contributed by atoms with Crippen LogP contribution in [0.2, 0.25) is 0 Å². The summed E-state index contributed by atoms with van der Waals surface area (Å²) in [6.45, 7) is 8.43. The molecule has 0 aromatic carbocycles. The van der Waals surface area contributed by atoms with Crippen LogP contribution in [0.15, 0.2) is 0 Å². The molecule has 0 aliphatic carbocycles. The van der Waals surface area contributed by atoms with E-state index in [-0.39, 0.29) is 0 Å². The lowest BCUT2D eigenvalue weighted by atomic mass is 9.99. The highest BCUT2D eigenvalue weighted by Crippen LogP contribution is 2.08. The van der Waals surface area contributed by atoms with E-state index in [4.69, 9.17) is 11.0 Å². The molecule has 0 aromatic heterocycles. The second-order valence-corrected chi connectivity index (χ2v) is 5.12. The summed E-state index contributed by atoms with van der Waals surface area (Å²) in [5, 5.41) is 8.75.